The van der Waals surface area contributed by atoms with Crippen molar-refractivity contribution in [3.05, 3.63) is 59.0 Å². The molecule has 0 spiro atoms. The molecule has 0 unspecified atom stereocenters. The largest absolute Gasteiger partial charge is 0.493 e. The number of ether oxygens (including phenoxy) is 3. The summed E-state index contributed by atoms with van der Waals surface area (Å²) in [6.07, 6.45) is 0. The number of halogens is 1. The minimum absolute atomic E-state index is 0.189. The molecule has 0 saturated heterocycles. The van der Waals surface area contributed by atoms with Crippen molar-refractivity contribution < 1.29 is 28.2 Å². The van der Waals surface area contributed by atoms with E-state index in [2.05, 4.69) is 15.8 Å². The molecule has 0 aliphatic carbocycles. The van der Waals surface area contributed by atoms with Crippen LogP contribution in [0.5, 0.6) is 17.2 Å². The Morgan fingerprint density at radius 3 is 2.13 bits per heavy atom. The number of aromatic nitrogens is 1. The molecule has 0 aliphatic rings. The molecule has 9 heteroatoms. The number of methoxy groups -OCH3 is 3. The van der Waals surface area contributed by atoms with Crippen LogP contribution in [0.15, 0.2) is 36.4 Å². The van der Waals surface area contributed by atoms with E-state index in [1.54, 1.807) is 13.0 Å². The number of amides is 2. The highest BCUT2D eigenvalue weighted by Gasteiger charge is 2.18. The van der Waals surface area contributed by atoms with E-state index in [1.807, 2.05) is 0 Å². The summed E-state index contributed by atoms with van der Waals surface area (Å²) in [5.41, 5.74) is 5.97. The normalized spacial score (nSPS) is 10.4. The van der Waals surface area contributed by atoms with Crippen LogP contribution in [0, 0.1) is 12.7 Å². The maximum atomic E-state index is 13.4. The molecule has 2 amide bonds. The fourth-order valence-corrected chi connectivity index (χ4v) is 2.93. The molecule has 2 N–H and O–H groups in total. The lowest BCUT2D eigenvalue weighted by molar-refractivity contribution is 0.0846. The van der Waals surface area contributed by atoms with E-state index in [0.29, 0.717) is 33.8 Å². The van der Waals surface area contributed by atoms with Gasteiger partial charge >= 0.3 is 0 Å². The average Bonchev–Trinajstić information content (AvgIpc) is 2.75. The molecule has 3 rings (SSSR count). The molecular weight excluding hydrogens is 393 g/mol. The smallest absolute Gasteiger partial charge is 0.271 e. The van der Waals surface area contributed by atoms with Crippen LogP contribution in [0.4, 0.5) is 4.39 Å². The van der Waals surface area contributed by atoms with Crippen LogP contribution >= 0.6 is 0 Å². The first-order chi connectivity index (χ1) is 14.4. The molecule has 1 aromatic heterocycles. The minimum atomic E-state index is -0.587. The van der Waals surface area contributed by atoms with Gasteiger partial charge in [-0.15, -0.1) is 0 Å². The van der Waals surface area contributed by atoms with Crippen LogP contribution in [-0.4, -0.2) is 38.1 Å². The summed E-state index contributed by atoms with van der Waals surface area (Å²) in [6, 6.07) is 8.60. The zero-order valence-corrected chi connectivity index (χ0v) is 16.8. The van der Waals surface area contributed by atoms with Gasteiger partial charge in [0, 0.05) is 17.0 Å². The third-order valence-corrected chi connectivity index (χ3v) is 4.43. The minimum Gasteiger partial charge on any atom is -0.493 e. The van der Waals surface area contributed by atoms with Crippen molar-refractivity contribution in [3.63, 3.8) is 0 Å². The number of aryl methyl sites for hydroxylation is 1. The van der Waals surface area contributed by atoms with Crippen molar-refractivity contribution in [2.45, 2.75) is 6.92 Å². The van der Waals surface area contributed by atoms with Crippen molar-refractivity contribution in [1.82, 2.24) is 15.8 Å². The first-order valence-electron chi connectivity index (χ1n) is 8.85. The van der Waals surface area contributed by atoms with E-state index in [1.165, 1.54) is 51.7 Å². The number of nitrogens with one attached hydrogen (secondary N) is 2. The first kappa shape index (κ1) is 20.8. The highest BCUT2D eigenvalue weighted by atomic mass is 19.1. The van der Waals surface area contributed by atoms with Gasteiger partial charge in [-0.3, -0.25) is 25.4 Å². The van der Waals surface area contributed by atoms with Gasteiger partial charge in [-0.2, -0.15) is 0 Å². The number of nitrogens with zero attached hydrogens (tertiary/aromatic N) is 1. The standard InChI is InChI=1S/C21H20FN3O5/c1-11-15(7-12-5-6-14(22)10-16(12)23-11)21(27)25-24-20(26)13-8-17(28-2)19(30-4)18(9-13)29-3/h5-10H,1-4H3,(H,24,26)(H,25,27). The quantitative estimate of drug-likeness (QED) is 0.624. The zero-order valence-electron chi connectivity index (χ0n) is 16.8. The lowest BCUT2D eigenvalue weighted by Crippen LogP contribution is -2.42. The molecule has 0 radical (unpaired) electrons. The number of hydrogen-bond acceptors (Lipinski definition) is 6. The summed E-state index contributed by atoms with van der Waals surface area (Å²) in [5, 5.41) is 0.600. The summed E-state index contributed by atoms with van der Waals surface area (Å²) in [5.74, 6) is -0.618. The van der Waals surface area contributed by atoms with E-state index in [0.717, 1.165) is 0 Å². The van der Waals surface area contributed by atoms with Crippen molar-refractivity contribution in [2.24, 2.45) is 0 Å². The van der Waals surface area contributed by atoms with E-state index in [-0.39, 0.29) is 11.1 Å². The molecule has 0 bridgehead atoms. The Hall–Kier alpha value is -3.88. The Kier molecular flexibility index (Phi) is 6.01. The van der Waals surface area contributed by atoms with Gasteiger partial charge in [-0.1, -0.05) is 0 Å². The maximum Gasteiger partial charge on any atom is 0.271 e. The molecule has 8 nitrogen and oxygen atoms in total. The van der Waals surface area contributed by atoms with E-state index in [4.69, 9.17) is 14.2 Å². The fraction of sp³-hybridized carbons (Fsp3) is 0.190. The van der Waals surface area contributed by atoms with Crippen molar-refractivity contribution >= 4 is 22.7 Å². The van der Waals surface area contributed by atoms with Crippen molar-refractivity contribution in [3.8, 4) is 17.2 Å². The first-order valence-corrected chi connectivity index (χ1v) is 8.85. The Bertz CT molecular complexity index is 1110. The number of rotatable bonds is 5. The second kappa shape index (κ2) is 8.64. The Labute approximate surface area is 171 Å². The van der Waals surface area contributed by atoms with Crippen molar-refractivity contribution in [1.29, 1.82) is 0 Å². The van der Waals surface area contributed by atoms with Crippen LogP contribution < -0.4 is 25.1 Å². The monoisotopic (exact) mass is 413 g/mol. The highest BCUT2D eigenvalue weighted by molar-refractivity contribution is 6.01. The summed E-state index contributed by atoms with van der Waals surface area (Å²) >= 11 is 0. The number of hydrogen-bond donors (Lipinski definition) is 2. The lowest BCUT2D eigenvalue weighted by atomic mass is 10.1. The number of fused-ring (bicyclic) bond motifs is 1. The summed E-state index contributed by atoms with van der Waals surface area (Å²) in [6.45, 7) is 1.63. The van der Waals surface area contributed by atoms with E-state index < -0.39 is 17.6 Å². The molecule has 0 aliphatic heterocycles. The zero-order chi connectivity index (χ0) is 21.8. The molecule has 0 atom stereocenters. The molecule has 2 aromatic carbocycles. The van der Waals surface area contributed by atoms with Crippen molar-refractivity contribution in [2.75, 3.05) is 21.3 Å². The molecule has 3 aromatic rings. The third kappa shape index (κ3) is 4.09. The van der Waals surface area contributed by atoms with Gasteiger partial charge in [0.15, 0.2) is 11.5 Å². The molecule has 156 valence electrons. The number of benzene rings is 2. The van der Waals surface area contributed by atoms with Gasteiger partial charge in [0.25, 0.3) is 11.8 Å². The Morgan fingerprint density at radius 2 is 1.53 bits per heavy atom. The van der Waals surface area contributed by atoms with E-state index in [9.17, 15) is 14.0 Å². The van der Waals surface area contributed by atoms with Gasteiger partial charge < -0.3 is 14.2 Å². The number of pyridine rings is 1. The van der Waals surface area contributed by atoms with Gasteiger partial charge in [0.1, 0.15) is 5.82 Å². The van der Waals surface area contributed by atoms with Crippen LogP contribution in [0.1, 0.15) is 26.4 Å². The van der Waals surface area contributed by atoms with Gasteiger partial charge in [0.05, 0.1) is 38.1 Å². The molecular formula is C21H20FN3O5. The predicted molar refractivity (Wildman–Crippen MR) is 107 cm³/mol. The van der Waals surface area contributed by atoms with Crippen LogP contribution in [0.2, 0.25) is 0 Å². The lowest BCUT2D eigenvalue weighted by Gasteiger charge is -2.14. The Morgan fingerprint density at radius 1 is 0.900 bits per heavy atom. The molecule has 30 heavy (non-hydrogen) atoms. The predicted octanol–water partition coefficient (Wildman–Crippen LogP) is 2.78. The molecule has 0 saturated carbocycles. The van der Waals surface area contributed by atoms with Crippen LogP contribution in [0.3, 0.4) is 0 Å². The topological polar surface area (TPSA) is 98.8 Å². The number of carbonyl (C=O) groups is 2. The number of carbonyl (C=O) groups excluding carboxylic acids is 2. The van der Waals surface area contributed by atoms with E-state index >= 15 is 0 Å². The SMILES string of the molecule is COc1cc(C(=O)NNC(=O)c2cc3ccc(F)cc3nc2C)cc(OC)c1OC. The van der Waals surface area contributed by atoms with Crippen LogP contribution in [0.25, 0.3) is 10.9 Å². The molecule has 1 heterocycles. The Balaban J connectivity index is 1.79. The average molecular weight is 413 g/mol. The second-order valence-corrected chi connectivity index (χ2v) is 6.28. The second-order valence-electron chi connectivity index (χ2n) is 6.28. The maximum absolute atomic E-state index is 13.4. The molecule has 0 fully saturated rings. The van der Waals surface area contributed by atoms with Gasteiger partial charge in [-0.05, 0) is 37.3 Å². The summed E-state index contributed by atoms with van der Waals surface area (Å²) in [7, 11) is 4.32. The van der Waals surface area contributed by atoms with Crippen LogP contribution in [-0.2, 0) is 0 Å². The third-order valence-electron chi connectivity index (χ3n) is 4.43. The van der Waals surface area contributed by atoms with Gasteiger partial charge in [-0.25, -0.2) is 4.39 Å². The summed E-state index contributed by atoms with van der Waals surface area (Å²) < 4.78 is 29.0. The van der Waals surface area contributed by atoms with Gasteiger partial charge in [0.2, 0.25) is 5.75 Å². The highest BCUT2D eigenvalue weighted by Crippen LogP contribution is 2.38. The summed E-state index contributed by atoms with van der Waals surface area (Å²) in [4.78, 5) is 29.3. The number of hydrazine groups is 1. The fourth-order valence-electron chi connectivity index (χ4n) is 2.93.